The molecule has 1 unspecified atom stereocenters. The first-order chi connectivity index (χ1) is 9.97. The molecule has 0 aromatic carbocycles. The summed E-state index contributed by atoms with van der Waals surface area (Å²) in [5, 5.41) is 4.28. The van der Waals surface area contributed by atoms with Crippen LogP contribution in [0.25, 0.3) is 11.2 Å². The van der Waals surface area contributed by atoms with Gasteiger partial charge in [0, 0.05) is 12.7 Å². The summed E-state index contributed by atoms with van der Waals surface area (Å²) in [6, 6.07) is 6.03. The third-order valence-corrected chi connectivity index (χ3v) is 3.74. The van der Waals surface area contributed by atoms with E-state index in [1.54, 1.807) is 0 Å². The average Bonchev–Trinajstić information content (AvgIpc) is 2.90. The summed E-state index contributed by atoms with van der Waals surface area (Å²) in [7, 11) is 1.93. The quantitative estimate of drug-likeness (QED) is 0.698. The first-order valence-corrected chi connectivity index (χ1v) is 7.37. The van der Waals surface area contributed by atoms with E-state index in [-0.39, 0.29) is 5.38 Å². The highest BCUT2D eigenvalue weighted by molar-refractivity contribution is 6.20. The van der Waals surface area contributed by atoms with Gasteiger partial charge in [-0.25, -0.2) is 4.98 Å². The molecule has 0 bridgehead atoms. The summed E-state index contributed by atoms with van der Waals surface area (Å²) < 4.78 is 3.96. The van der Waals surface area contributed by atoms with Crippen molar-refractivity contribution in [3.05, 3.63) is 41.1 Å². The van der Waals surface area contributed by atoms with Crippen LogP contribution in [0.5, 0.6) is 0 Å². The molecule has 3 aromatic heterocycles. The van der Waals surface area contributed by atoms with Crippen LogP contribution in [0.4, 0.5) is 0 Å². The molecule has 0 fully saturated rings. The number of rotatable bonds is 3. The number of aryl methyl sites for hydroxylation is 3. The second kappa shape index (κ2) is 5.15. The molecule has 0 N–H and O–H groups in total. The van der Waals surface area contributed by atoms with Gasteiger partial charge >= 0.3 is 0 Å². The van der Waals surface area contributed by atoms with Crippen LogP contribution < -0.4 is 0 Å². The van der Waals surface area contributed by atoms with Crippen molar-refractivity contribution in [3.8, 4) is 0 Å². The van der Waals surface area contributed by atoms with Crippen molar-refractivity contribution in [3.63, 3.8) is 0 Å². The SMILES string of the molecule is Cc1cccc(Cn2c(C(C)Cl)nc3c(C)nn(C)c32)n1. The number of imidazole rings is 1. The maximum absolute atomic E-state index is 6.31. The highest BCUT2D eigenvalue weighted by Gasteiger charge is 2.20. The molecule has 6 heteroatoms. The first-order valence-electron chi connectivity index (χ1n) is 6.93. The lowest BCUT2D eigenvalue weighted by Crippen LogP contribution is -2.10. The van der Waals surface area contributed by atoms with Crippen LogP contribution in [0, 0.1) is 13.8 Å². The molecule has 5 nitrogen and oxygen atoms in total. The van der Waals surface area contributed by atoms with Gasteiger partial charge in [0.25, 0.3) is 0 Å². The summed E-state index contributed by atoms with van der Waals surface area (Å²) in [6.45, 7) is 6.54. The summed E-state index contributed by atoms with van der Waals surface area (Å²) in [4.78, 5) is 9.24. The zero-order valence-corrected chi connectivity index (χ0v) is 13.4. The molecule has 0 aliphatic rings. The monoisotopic (exact) mass is 303 g/mol. The molecular weight excluding hydrogens is 286 g/mol. The minimum Gasteiger partial charge on any atom is -0.306 e. The third-order valence-electron chi connectivity index (χ3n) is 3.54. The highest BCUT2D eigenvalue weighted by atomic mass is 35.5. The third kappa shape index (κ3) is 2.42. The number of pyridine rings is 1. The van der Waals surface area contributed by atoms with Gasteiger partial charge in [0.15, 0.2) is 5.65 Å². The van der Waals surface area contributed by atoms with Crippen molar-refractivity contribution in [2.24, 2.45) is 7.05 Å². The molecule has 3 heterocycles. The Morgan fingerprint density at radius 3 is 2.67 bits per heavy atom. The van der Waals surface area contributed by atoms with E-state index in [9.17, 15) is 0 Å². The van der Waals surface area contributed by atoms with Gasteiger partial charge in [-0.3, -0.25) is 9.67 Å². The van der Waals surface area contributed by atoms with Crippen molar-refractivity contribution >= 4 is 22.8 Å². The van der Waals surface area contributed by atoms with Gasteiger partial charge in [-0.15, -0.1) is 11.6 Å². The summed E-state index contributed by atoms with van der Waals surface area (Å²) >= 11 is 6.31. The van der Waals surface area contributed by atoms with Crippen LogP contribution in [0.2, 0.25) is 0 Å². The van der Waals surface area contributed by atoms with Crippen molar-refractivity contribution < 1.29 is 0 Å². The Hall–Kier alpha value is -1.88. The molecule has 0 radical (unpaired) electrons. The molecule has 0 amide bonds. The van der Waals surface area contributed by atoms with Crippen LogP contribution in [0.3, 0.4) is 0 Å². The van der Waals surface area contributed by atoms with Gasteiger partial charge in [-0.2, -0.15) is 5.10 Å². The Morgan fingerprint density at radius 1 is 1.24 bits per heavy atom. The van der Waals surface area contributed by atoms with Gasteiger partial charge in [0.1, 0.15) is 11.3 Å². The summed E-state index contributed by atoms with van der Waals surface area (Å²) in [6.07, 6.45) is 0. The minimum atomic E-state index is -0.165. The lowest BCUT2D eigenvalue weighted by Gasteiger charge is -2.11. The predicted molar refractivity (Wildman–Crippen MR) is 83.6 cm³/mol. The Balaban J connectivity index is 2.17. The number of fused-ring (bicyclic) bond motifs is 1. The molecule has 0 spiro atoms. The van der Waals surface area contributed by atoms with E-state index < -0.39 is 0 Å². The topological polar surface area (TPSA) is 48.5 Å². The maximum atomic E-state index is 6.31. The van der Waals surface area contributed by atoms with Crippen molar-refractivity contribution in [1.82, 2.24) is 24.3 Å². The summed E-state index contributed by atoms with van der Waals surface area (Å²) in [5.41, 5.74) is 4.81. The first kappa shape index (κ1) is 14.1. The van der Waals surface area contributed by atoms with Crippen molar-refractivity contribution in [2.45, 2.75) is 32.7 Å². The van der Waals surface area contributed by atoms with Crippen LogP contribution in [-0.4, -0.2) is 24.3 Å². The van der Waals surface area contributed by atoms with Gasteiger partial charge < -0.3 is 4.57 Å². The van der Waals surface area contributed by atoms with Gasteiger partial charge in [0.05, 0.1) is 23.3 Å². The molecule has 1 atom stereocenters. The zero-order chi connectivity index (χ0) is 15.1. The lowest BCUT2D eigenvalue weighted by molar-refractivity contribution is 0.677. The molecule has 3 rings (SSSR count). The second-order valence-electron chi connectivity index (χ2n) is 5.32. The fourth-order valence-corrected chi connectivity index (χ4v) is 2.83. The largest absolute Gasteiger partial charge is 0.306 e. The van der Waals surface area contributed by atoms with E-state index in [2.05, 4.69) is 19.6 Å². The Labute approximate surface area is 128 Å². The number of halogens is 1. The predicted octanol–water partition coefficient (Wildman–Crippen LogP) is 3.13. The molecule has 21 heavy (non-hydrogen) atoms. The highest BCUT2D eigenvalue weighted by Crippen LogP contribution is 2.26. The fourth-order valence-electron chi connectivity index (χ4n) is 2.66. The molecule has 0 saturated carbocycles. The van der Waals surface area contributed by atoms with E-state index in [0.717, 1.165) is 34.1 Å². The van der Waals surface area contributed by atoms with Crippen molar-refractivity contribution in [2.75, 3.05) is 0 Å². The molecule has 110 valence electrons. The van der Waals surface area contributed by atoms with Crippen LogP contribution in [0.15, 0.2) is 18.2 Å². The molecule has 3 aromatic rings. The average molecular weight is 304 g/mol. The smallest absolute Gasteiger partial charge is 0.159 e. The van der Waals surface area contributed by atoms with E-state index in [4.69, 9.17) is 11.6 Å². The van der Waals surface area contributed by atoms with E-state index >= 15 is 0 Å². The minimum absolute atomic E-state index is 0.165. The number of hydrogen-bond donors (Lipinski definition) is 0. The molecular formula is C15H18ClN5. The van der Waals surface area contributed by atoms with Crippen molar-refractivity contribution in [1.29, 1.82) is 0 Å². The normalized spacial score (nSPS) is 13.0. The second-order valence-corrected chi connectivity index (χ2v) is 5.98. The molecule has 0 aliphatic carbocycles. The van der Waals surface area contributed by atoms with Crippen LogP contribution in [-0.2, 0) is 13.6 Å². The van der Waals surface area contributed by atoms with Gasteiger partial charge in [-0.05, 0) is 32.9 Å². The lowest BCUT2D eigenvalue weighted by atomic mass is 10.3. The Bertz CT molecular complexity index is 800. The zero-order valence-electron chi connectivity index (χ0n) is 12.6. The Kier molecular flexibility index (Phi) is 3.45. The van der Waals surface area contributed by atoms with E-state index in [1.165, 1.54) is 0 Å². The standard InChI is InChI=1S/C15H18ClN5/c1-9-6-5-7-12(17-9)8-21-14(10(2)16)18-13-11(3)19-20(4)15(13)21/h5-7,10H,8H2,1-4H3. The summed E-state index contributed by atoms with van der Waals surface area (Å²) in [5.74, 6) is 0.853. The Morgan fingerprint density at radius 2 is 2.00 bits per heavy atom. The van der Waals surface area contributed by atoms with E-state index in [0.29, 0.717) is 6.54 Å². The fraction of sp³-hybridized carbons (Fsp3) is 0.400. The van der Waals surface area contributed by atoms with Gasteiger partial charge in [-0.1, -0.05) is 6.07 Å². The maximum Gasteiger partial charge on any atom is 0.159 e. The van der Waals surface area contributed by atoms with E-state index in [1.807, 2.05) is 50.7 Å². The number of alkyl halides is 1. The van der Waals surface area contributed by atoms with Gasteiger partial charge in [0.2, 0.25) is 0 Å². The number of nitrogens with zero attached hydrogens (tertiary/aromatic N) is 5. The molecule has 0 saturated heterocycles. The number of aromatic nitrogens is 5. The van der Waals surface area contributed by atoms with Crippen LogP contribution in [0.1, 0.15) is 35.2 Å². The molecule has 0 aliphatic heterocycles. The number of hydrogen-bond acceptors (Lipinski definition) is 3. The van der Waals surface area contributed by atoms with Crippen LogP contribution >= 0.6 is 11.6 Å².